The number of methoxy groups -OCH3 is 1. The molecule has 0 unspecified atom stereocenters. The Morgan fingerprint density at radius 1 is 1.04 bits per heavy atom. The Bertz CT molecular complexity index is 877. The number of benzene rings is 1. The number of pyridine rings is 1. The van der Waals surface area contributed by atoms with Gasteiger partial charge in [0.2, 0.25) is 0 Å². The smallest absolute Gasteiger partial charge is 0.266 e. The summed E-state index contributed by atoms with van der Waals surface area (Å²) in [5.74, 6) is 0.543. The quantitative estimate of drug-likeness (QED) is 0.734. The van der Waals surface area contributed by atoms with E-state index in [0.29, 0.717) is 27.7 Å². The van der Waals surface area contributed by atoms with Gasteiger partial charge in [-0.2, -0.15) is 0 Å². The van der Waals surface area contributed by atoms with Crippen LogP contribution in [0, 0.1) is 0 Å². The molecule has 0 aliphatic heterocycles. The van der Waals surface area contributed by atoms with Gasteiger partial charge < -0.3 is 15.4 Å². The lowest BCUT2D eigenvalue weighted by Crippen LogP contribution is -2.13. The zero-order valence-corrected chi connectivity index (χ0v) is 14.2. The molecule has 2 aromatic heterocycles. The van der Waals surface area contributed by atoms with Crippen LogP contribution in [0.25, 0.3) is 0 Å². The first-order valence-electron chi connectivity index (χ1n) is 7.42. The summed E-state index contributed by atoms with van der Waals surface area (Å²) in [6.07, 6.45) is 1.49. The highest BCUT2D eigenvalue weighted by molar-refractivity contribution is 7.12. The lowest BCUT2D eigenvalue weighted by Gasteiger charge is -2.07. The maximum atomic E-state index is 12.2. The fourth-order valence-corrected chi connectivity index (χ4v) is 2.71. The highest BCUT2D eigenvalue weighted by atomic mass is 32.1. The van der Waals surface area contributed by atoms with E-state index in [1.807, 2.05) is 11.4 Å². The molecule has 3 aromatic rings. The number of carbonyl (C=O) groups excluding carboxylic acids is 2. The molecule has 126 valence electrons. The van der Waals surface area contributed by atoms with Crippen molar-refractivity contribution in [2.45, 2.75) is 0 Å². The Kier molecular flexibility index (Phi) is 5.06. The van der Waals surface area contributed by atoms with Crippen molar-refractivity contribution >= 4 is 34.7 Å². The topological polar surface area (TPSA) is 80.3 Å². The van der Waals surface area contributed by atoms with E-state index in [1.165, 1.54) is 17.5 Å². The molecule has 0 aliphatic carbocycles. The van der Waals surface area contributed by atoms with Gasteiger partial charge in [0.1, 0.15) is 11.6 Å². The minimum atomic E-state index is -0.268. The molecule has 2 amide bonds. The van der Waals surface area contributed by atoms with Crippen molar-refractivity contribution in [3.63, 3.8) is 0 Å². The number of ether oxygens (including phenoxy) is 1. The zero-order valence-electron chi connectivity index (χ0n) is 13.4. The lowest BCUT2D eigenvalue weighted by molar-refractivity contribution is 0.101. The number of thiophene rings is 1. The second-order valence-electron chi connectivity index (χ2n) is 5.05. The van der Waals surface area contributed by atoms with Gasteiger partial charge in [-0.15, -0.1) is 11.3 Å². The predicted molar refractivity (Wildman–Crippen MR) is 97.5 cm³/mol. The van der Waals surface area contributed by atoms with Crippen LogP contribution in [0.5, 0.6) is 5.75 Å². The molecule has 1 aromatic carbocycles. The highest BCUT2D eigenvalue weighted by Crippen LogP contribution is 2.16. The number of nitrogens with one attached hydrogen (secondary N) is 2. The van der Waals surface area contributed by atoms with Gasteiger partial charge in [0.15, 0.2) is 0 Å². The third kappa shape index (κ3) is 4.21. The summed E-state index contributed by atoms with van der Waals surface area (Å²) in [7, 11) is 1.55. The van der Waals surface area contributed by atoms with Crippen molar-refractivity contribution in [1.29, 1.82) is 0 Å². The highest BCUT2D eigenvalue weighted by Gasteiger charge is 2.09. The van der Waals surface area contributed by atoms with Crippen LogP contribution in [0.1, 0.15) is 20.0 Å². The molecule has 25 heavy (non-hydrogen) atoms. The molecule has 0 radical (unpaired) electrons. The van der Waals surface area contributed by atoms with E-state index in [2.05, 4.69) is 15.6 Å². The van der Waals surface area contributed by atoms with Crippen LogP contribution in [0.15, 0.2) is 60.1 Å². The SMILES string of the molecule is COc1cccc(C(=O)Nc2ccc(NC(=O)c3cccs3)nc2)c1. The Hall–Kier alpha value is -3.19. The van der Waals surface area contributed by atoms with E-state index in [0.717, 1.165) is 0 Å². The summed E-state index contributed by atoms with van der Waals surface area (Å²) in [6.45, 7) is 0. The third-order valence-corrected chi connectivity index (χ3v) is 4.21. The molecule has 0 saturated carbocycles. The lowest BCUT2D eigenvalue weighted by atomic mass is 10.2. The summed E-state index contributed by atoms with van der Waals surface area (Å²) >= 11 is 1.36. The normalized spacial score (nSPS) is 10.1. The number of amides is 2. The third-order valence-electron chi connectivity index (χ3n) is 3.34. The van der Waals surface area contributed by atoms with E-state index in [-0.39, 0.29) is 11.8 Å². The van der Waals surface area contributed by atoms with Crippen molar-refractivity contribution in [3.8, 4) is 5.75 Å². The Morgan fingerprint density at radius 2 is 1.92 bits per heavy atom. The van der Waals surface area contributed by atoms with E-state index < -0.39 is 0 Å². The average molecular weight is 353 g/mol. The van der Waals surface area contributed by atoms with Gasteiger partial charge in [0.05, 0.1) is 23.9 Å². The zero-order chi connectivity index (χ0) is 17.6. The first kappa shape index (κ1) is 16.7. The van der Waals surface area contributed by atoms with Crippen molar-refractivity contribution in [2.75, 3.05) is 17.7 Å². The fourth-order valence-electron chi connectivity index (χ4n) is 2.09. The molecule has 3 rings (SSSR count). The van der Waals surface area contributed by atoms with Gasteiger partial charge in [-0.1, -0.05) is 12.1 Å². The second-order valence-corrected chi connectivity index (χ2v) is 6.00. The Labute approximate surface area is 148 Å². The van der Waals surface area contributed by atoms with Crippen LogP contribution in [-0.4, -0.2) is 23.9 Å². The number of anilines is 2. The summed E-state index contributed by atoms with van der Waals surface area (Å²) in [4.78, 5) is 28.9. The van der Waals surface area contributed by atoms with E-state index in [1.54, 1.807) is 49.6 Å². The maximum absolute atomic E-state index is 12.2. The van der Waals surface area contributed by atoms with Crippen LogP contribution in [-0.2, 0) is 0 Å². The monoisotopic (exact) mass is 353 g/mol. The predicted octanol–water partition coefficient (Wildman–Crippen LogP) is 3.66. The molecule has 0 bridgehead atoms. The second kappa shape index (κ2) is 7.59. The van der Waals surface area contributed by atoms with Gasteiger partial charge in [-0.05, 0) is 41.8 Å². The summed E-state index contributed by atoms with van der Waals surface area (Å²) in [5, 5.41) is 7.29. The molecule has 2 N–H and O–H groups in total. The van der Waals surface area contributed by atoms with E-state index in [4.69, 9.17) is 4.74 Å². The molecule has 2 heterocycles. The molecule has 0 fully saturated rings. The number of nitrogens with zero attached hydrogens (tertiary/aromatic N) is 1. The summed E-state index contributed by atoms with van der Waals surface area (Å²) in [5.41, 5.74) is 1.01. The molecular weight excluding hydrogens is 338 g/mol. The summed E-state index contributed by atoms with van der Waals surface area (Å²) in [6, 6.07) is 13.7. The van der Waals surface area contributed by atoms with Gasteiger partial charge in [0, 0.05) is 5.56 Å². The minimum Gasteiger partial charge on any atom is -0.497 e. The van der Waals surface area contributed by atoms with E-state index >= 15 is 0 Å². The van der Waals surface area contributed by atoms with Crippen molar-refractivity contribution in [3.05, 3.63) is 70.5 Å². The number of aromatic nitrogens is 1. The van der Waals surface area contributed by atoms with Crippen LogP contribution in [0.3, 0.4) is 0 Å². The fraction of sp³-hybridized carbons (Fsp3) is 0.0556. The standard InChI is InChI=1S/C18H15N3O3S/c1-24-14-5-2-4-12(10-14)17(22)20-13-7-8-16(19-11-13)21-18(23)15-6-3-9-25-15/h2-11H,1H3,(H,20,22)(H,19,21,23). The van der Waals surface area contributed by atoms with Crippen LogP contribution < -0.4 is 15.4 Å². The number of hydrogen-bond donors (Lipinski definition) is 2. The Balaban J connectivity index is 1.64. The van der Waals surface area contributed by atoms with Crippen molar-refractivity contribution in [1.82, 2.24) is 4.98 Å². The number of rotatable bonds is 5. The number of hydrogen-bond acceptors (Lipinski definition) is 5. The minimum absolute atomic E-state index is 0.212. The summed E-state index contributed by atoms with van der Waals surface area (Å²) < 4.78 is 5.11. The first-order valence-corrected chi connectivity index (χ1v) is 8.30. The average Bonchev–Trinajstić information content (AvgIpc) is 3.18. The molecule has 0 aliphatic rings. The maximum Gasteiger partial charge on any atom is 0.266 e. The van der Waals surface area contributed by atoms with Crippen LogP contribution >= 0.6 is 11.3 Å². The van der Waals surface area contributed by atoms with Gasteiger partial charge in [-0.25, -0.2) is 4.98 Å². The first-order chi connectivity index (χ1) is 12.2. The number of carbonyl (C=O) groups is 2. The van der Waals surface area contributed by atoms with Crippen LogP contribution in [0.4, 0.5) is 11.5 Å². The molecule has 0 spiro atoms. The van der Waals surface area contributed by atoms with Crippen molar-refractivity contribution < 1.29 is 14.3 Å². The van der Waals surface area contributed by atoms with E-state index in [9.17, 15) is 9.59 Å². The molecule has 6 nitrogen and oxygen atoms in total. The van der Waals surface area contributed by atoms with Crippen LogP contribution in [0.2, 0.25) is 0 Å². The molecule has 7 heteroatoms. The van der Waals surface area contributed by atoms with Gasteiger partial charge >= 0.3 is 0 Å². The largest absolute Gasteiger partial charge is 0.497 e. The van der Waals surface area contributed by atoms with Gasteiger partial charge in [0.25, 0.3) is 11.8 Å². The van der Waals surface area contributed by atoms with Crippen molar-refractivity contribution in [2.24, 2.45) is 0 Å². The van der Waals surface area contributed by atoms with Gasteiger partial charge in [-0.3, -0.25) is 9.59 Å². The molecule has 0 saturated heterocycles. The molecular formula is C18H15N3O3S. The molecule has 0 atom stereocenters. The Morgan fingerprint density at radius 3 is 2.60 bits per heavy atom.